The van der Waals surface area contributed by atoms with Gasteiger partial charge in [-0.15, -0.1) is 0 Å². The number of aromatic nitrogens is 1. The van der Waals surface area contributed by atoms with E-state index in [2.05, 4.69) is 29.1 Å². The van der Waals surface area contributed by atoms with Crippen molar-refractivity contribution in [3.63, 3.8) is 0 Å². The molecule has 1 saturated heterocycles. The van der Waals surface area contributed by atoms with E-state index in [1.54, 1.807) is 30.3 Å². The van der Waals surface area contributed by atoms with Gasteiger partial charge in [0.05, 0.1) is 30.9 Å². The zero-order valence-corrected chi connectivity index (χ0v) is 28.0. The molecular weight excluding hydrogens is 625 g/mol. The van der Waals surface area contributed by atoms with E-state index in [0.717, 1.165) is 17.6 Å². The second-order valence-electron chi connectivity index (χ2n) is 9.51. The number of rotatable bonds is 6. The lowest BCUT2D eigenvalue weighted by Crippen LogP contribution is -2.47. The molecule has 3 rings (SSSR count). The summed E-state index contributed by atoms with van der Waals surface area (Å²) in [7, 11) is 1.00. The first-order valence-electron chi connectivity index (χ1n) is 14.7. The van der Waals surface area contributed by atoms with Crippen LogP contribution in [-0.2, 0) is 0 Å². The van der Waals surface area contributed by atoms with E-state index in [-0.39, 0.29) is 48.3 Å². The first-order chi connectivity index (χ1) is 21.7. The summed E-state index contributed by atoms with van der Waals surface area (Å²) < 4.78 is 38.9. The van der Waals surface area contributed by atoms with Gasteiger partial charge in [-0.2, -0.15) is 13.2 Å². The van der Waals surface area contributed by atoms with Crippen LogP contribution in [-0.4, -0.2) is 83.0 Å². The third kappa shape index (κ3) is 14.7. The fourth-order valence-corrected chi connectivity index (χ4v) is 3.96. The number of nitrogens with zero attached hydrogens (tertiary/aromatic N) is 4. The molecule has 1 aliphatic rings. The lowest BCUT2D eigenvalue weighted by Gasteiger charge is -2.29. The van der Waals surface area contributed by atoms with Gasteiger partial charge >= 0.3 is 18.2 Å². The minimum atomic E-state index is -4.53. The molecule has 1 aromatic carbocycles. The van der Waals surface area contributed by atoms with E-state index < -0.39 is 31.2 Å². The number of hydrogen-bond acceptors (Lipinski definition) is 7. The number of benzene rings is 1. The minimum Gasteiger partial charge on any atom is -0.400 e. The summed E-state index contributed by atoms with van der Waals surface area (Å²) in [5, 5.41) is 18.1. The van der Waals surface area contributed by atoms with Crippen LogP contribution >= 0.6 is 11.6 Å². The van der Waals surface area contributed by atoms with E-state index in [9.17, 15) is 22.8 Å². The van der Waals surface area contributed by atoms with E-state index in [1.165, 1.54) is 23.6 Å². The minimum absolute atomic E-state index is 0.0506. The summed E-state index contributed by atoms with van der Waals surface area (Å²) in [4.78, 5) is 35.3. The van der Waals surface area contributed by atoms with Crippen molar-refractivity contribution >= 4 is 40.9 Å². The normalized spacial score (nSPS) is 14.3. The molecule has 256 valence electrons. The van der Waals surface area contributed by atoms with Gasteiger partial charge in [0.25, 0.3) is 0 Å². The number of urea groups is 2. The number of piperidine rings is 1. The predicted octanol–water partition coefficient (Wildman–Crippen LogP) is 6.15. The van der Waals surface area contributed by atoms with E-state index in [4.69, 9.17) is 33.6 Å². The number of aliphatic hydroxyl groups is 1. The van der Waals surface area contributed by atoms with Crippen molar-refractivity contribution < 1.29 is 27.9 Å². The number of halogens is 4. The molecule has 0 bridgehead atoms. The first-order valence-corrected chi connectivity index (χ1v) is 15.1. The molecule has 7 N–H and O–H groups in total. The summed E-state index contributed by atoms with van der Waals surface area (Å²) in [6, 6.07) is 8.07. The molecule has 0 atom stereocenters. The number of likely N-dealkylation sites (tertiary alicyclic amines) is 1. The Balaban J connectivity index is 0.00000268. The Labute approximate surface area is 274 Å². The number of hydrogen-bond donors (Lipinski definition) is 5. The predicted molar refractivity (Wildman–Crippen MR) is 178 cm³/mol. The van der Waals surface area contributed by atoms with Crippen molar-refractivity contribution in [1.29, 1.82) is 5.41 Å². The number of aryl methyl sites for hydroxylation is 1. The van der Waals surface area contributed by atoms with Crippen molar-refractivity contribution in [2.75, 3.05) is 33.3 Å². The highest BCUT2D eigenvalue weighted by Gasteiger charge is 2.31. The molecule has 0 radical (unpaired) electrons. The average molecular weight is 671 g/mol. The maximum atomic E-state index is 13.0. The zero-order valence-electron chi connectivity index (χ0n) is 27.2. The Bertz CT molecular complexity index is 1320. The third-order valence-corrected chi connectivity index (χ3v) is 6.09. The molecular formula is C31H46ClF3N8O3. The van der Waals surface area contributed by atoms with E-state index in [1.807, 2.05) is 20.8 Å². The summed E-state index contributed by atoms with van der Waals surface area (Å²) in [6.45, 7) is 9.40. The molecule has 0 unspecified atom stereocenters. The van der Waals surface area contributed by atoms with Crippen LogP contribution in [0.3, 0.4) is 0 Å². The second-order valence-corrected chi connectivity index (χ2v) is 9.89. The van der Waals surface area contributed by atoms with Gasteiger partial charge in [-0.05, 0) is 25.0 Å². The number of nitrogens with two attached hydrogens (primary N) is 2. The molecule has 0 saturated carbocycles. The number of primary amides is 1. The number of carbonyl (C=O) groups is 2. The first kappa shape index (κ1) is 41.8. The molecule has 0 spiro atoms. The van der Waals surface area contributed by atoms with Crippen molar-refractivity contribution in [3.8, 4) is 0 Å². The van der Waals surface area contributed by atoms with Gasteiger partial charge in [0.1, 0.15) is 11.0 Å². The van der Waals surface area contributed by atoms with Gasteiger partial charge in [-0.3, -0.25) is 15.3 Å². The van der Waals surface area contributed by atoms with E-state index >= 15 is 0 Å². The number of alkyl halides is 3. The fourth-order valence-electron chi connectivity index (χ4n) is 3.79. The van der Waals surface area contributed by atoms with Crippen LogP contribution < -0.4 is 16.8 Å². The standard InChI is InChI=1S/C25H28ClF3N8O2.C3H8.C2H6.CH4O/c1-15-2-4-16(5-3-15)22(31)37(11-8-25(27,28)29)24(39)34-13-19(30)18-7-10-36(23(32)38)14-20(18)35-17-6-9-33-21(26)12-17;1-3-2;2*1-2/h2-6,9,12,31H,7-8,10-11,13-14,30H2,1H3,(H2,32,38)(H,34,39);3H2,1-2H3;1-2H3;2H,1H3/b19-18-,31-22?,35-20?;;;. The fraction of sp³-hybridized carbons (Fsp3) is 0.452. The Kier molecular flexibility index (Phi) is 19.6. The van der Waals surface area contributed by atoms with Crippen molar-refractivity contribution in [1.82, 2.24) is 20.1 Å². The quantitative estimate of drug-likeness (QED) is 0.140. The molecule has 1 fully saturated rings. The summed E-state index contributed by atoms with van der Waals surface area (Å²) in [5.74, 6) is -0.380. The number of aliphatic imine (C=N–C) groups is 1. The number of amidine groups is 1. The lowest BCUT2D eigenvalue weighted by molar-refractivity contribution is -0.135. The molecule has 4 amide bonds. The molecule has 2 aromatic rings. The Morgan fingerprint density at radius 3 is 2.26 bits per heavy atom. The third-order valence-electron chi connectivity index (χ3n) is 5.88. The molecule has 15 heteroatoms. The Morgan fingerprint density at radius 1 is 1.15 bits per heavy atom. The van der Waals surface area contributed by atoms with Crippen LogP contribution in [0.1, 0.15) is 58.1 Å². The number of aliphatic hydroxyl groups excluding tert-OH is 1. The molecule has 11 nitrogen and oxygen atoms in total. The van der Waals surface area contributed by atoms with Crippen molar-refractivity contribution in [3.05, 3.63) is 70.1 Å². The zero-order chi connectivity index (χ0) is 35.4. The van der Waals surface area contributed by atoms with Gasteiger partial charge in [-0.1, -0.05) is 75.5 Å². The van der Waals surface area contributed by atoms with Crippen LogP contribution in [0.5, 0.6) is 0 Å². The topological polar surface area (TPSA) is 174 Å². The molecule has 1 aliphatic heterocycles. The Hall–Kier alpha value is -4.17. The maximum Gasteiger partial charge on any atom is 0.390 e. The maximum absolute atomic E-state index is 13.0. The largest absolute Gasteiger partial charge is 0.400 e. The van der Waals surface area contributed by atoms with Gasteiger partial charge < -0.3 is 26.8 Å². The van der Waals surface area contributed by atoms with Crippen molar-refractivity contribution in [2.45, 2.75) is 60.1 Å². The van der Waals surface area contributed by atoms with Crippen LogP contribution in [0.25, 0.3) is 0 Å². The number of amides is 4. The van der Waals surface area contributed by atoms with Gasteiger partial charge in [0.15, 0.2) is 0 Å². The molecule has 2 heterocycles. The van der Waals surface area contributed by atoms with Crippen LogP contribution in [0.15, 0.2) is 58.9 Å². The summed E-state index contributed by atoms with van der Waals surface area (Å²) in [5.41, 5.74) is 14.5. The highest BCUT2D eigenvalue weighted by Crippen LogP contribution is 2.23. The number of nitrogens with one attached hydrogen (secondary N) is 2. The SMILES string of the molecule is CC.CCC.CO.Cc1ccc(C(=N)N(CCC(F)(F)F)C(=O)NC/C(N)=C2\CCN(C(N)=O)CC2=Nc2ccnc(Cl)c2)cc1. The van der Waals surface area contributed by atoms with E-state index in [0.29, 0.717) is 17.0 Å². The average Bonchev–Trinajstić information content (AvgIpc) is 3.02. The second kappa shape index (κ2) is 21.5. The van der Waals surface area contributed by atoms with Gasteiger partial charge in [0.2, 0.25) is 0 Å². The smallest absolute Gasteiger partial charge is 0.390 e. The van der Waals surface area contributed by atoms with Gasteiger partial charge in [-0.25, -0.2) is 14.6 Å². The van der Waals surface area contributed by atoms with Gasteiger partial charge in [0, 0.05) is 43.7 Å². The lowest BCUT2D eigenvalue weighted by atomic mass is 9.99. The highest BCUT2D eigenvalue weighted by molar-refractivity contribution is 6.29. The highest BCUT2D eigenvalue weighted by atomic mass is 35.5. The number of carbonyl (C=O) groups excluding carboxylic acids is 2. The molecule has 0 aliphatic carbocycles. The molecule has 1 aromatic heterocycles. The number of pyridine rings is 1. The van der Waals surface area contributed by atoms with Crippen molar-refractivity contribution in [2.24, 2.45) is 16.5 Å². The Morgan fingerprint density at radius 2 is 1.74 bits per heavy atom. The summed E-state index contributed by atoms with van der Waals surface area (Å²) in [6.07, 6.45) is -2.83. The summed E-state index contributed by atoms with van der Waals surface area (Å²) >= 11 is 5.94. The van der Waals surface area contributed by atoms with Crippen LogP contribution in [0.4, 0.5) is 28.4 Å². The molecule has 46 heavy (non-hydrogen) atoms. The van der Waals surface area contributed by atoms with Crippen LogP contribution in [0.2, 0.25) is 5.15 Å². The van der Waals surface area contributed by atoms with Crippen LogP contribution in [0, 0.1) is 12.3 Å². The monoisotopic (exact) mass is 670 g/mol.